The molecule has 0 spiro atoms. The highest BCUT2D eigenvalue weighted by Crippen LogP contribution is 2.37. The van der Waals surface area contributed by atoms with Crippen LogP contribution in [0, 0.1) is 16.7 Å². The highest BCUT2D eigenvalue weighted by Gasteiger charge is 2.46. The van der Waals surface area contributed by atoms with E-state index >= 15 is 0 Å². The first kappa shape index (κ1) is 25.7. The molecule has 0 aliphatic heterocycles. The maximum Gasteiger partial charge on any atom is 0.501 e. The van der Waals surface area contributed by atoms with Crippen LogP contribution in [-0.2, 0) is 16.3 Å². The number of hydrogen-bond donors (Lipinski definition) is 3. The van der Waals surface area contributed by atoms with Crippen LogP contribution in [0.25, 0.3) is 0 Å². The van der Waals surface area contributed by atoms with Crippen molar-refractivity contribution < 1.29 is 26.7 Å². The number of halogens is 3. The Labute approximate surface area is 196 Å². The predicted molar refractivity (Wildman–Crippen MR) is 120 cm³/mol. The Bertz CT molecular complexity index is 1160. The third-order valence-corrected chi connectivity index (χ3v) is 7.45. The van der Waals surface area contributed by atoms with Gasteiger partial charge in [-0.05, 0) is 48.8 Å². The largest absolute Gasteiger partial charge is 0.501 e. The van der Waals surface area contributed by atoms with Gasteiger partial charge in [0, 0.05) is 12.6 Å². The molecular weight excluding hydrogens is 471 g/mol. The second-order valence-electron chi connectivity index (χ2n) is 8.96. The third kappa shape index (κ3) is 5.77. The van der Waals surface area contributed by atoms with E-state index in [4.69, 9.17) is 0 Å². The molecule has 0 bridgehead atoms. The summed E-state index contributed by atoms with van der Waals surface area (Å²) in [4.78, 5) is 7.70. The van der Waals surface area contributed by atoms with Gasteiger partial charge in [-0.3, -0.25) is 0 Å². The van der Waals surface area contributed by atoms with Gasteiger partial charge >= 0.3 is 5.51 Å². The third-order valence-electron chi connectivity index (χ3n) is 5.95. The van der Waals surface area contributed by atoms with E-state index in [-0.39, 0.29) is 29.1 Å². The van der Waals surface area contributed by atoms with Crippen LogP contribution in [0.1, 0.15) is 44.2 Å². The molecule has 184 valence electrons. The van der Waals surface area contributed by atoms with Crippen LogP contribution < -0.4 is 10.6 Å². The molecule has 2 aromatic rings. The summed E-state index contributed by atoms with van der Waals surface area (Å²) in [6.45, 7) is 4.32. The lowest BCUT2D eigenvalue weighted by Gasteiger charge is -2.40. The summed E-state index contributed by atoms with van der Waals surface area (Å²) in [5.41, 5.74) is -4.69. The first-order valence-electron chi connectivity index (χ1n) is 10.7. The van der Waals surface area contributed by atoms with E-state index in [1.54, 1.807) is 0 Å². The van der Waals surface area contributed by atoms with Crippen LogP contribution in [0.5, 0.6) is 0 Å². The average molecular weight is 498 g/mol. The fourth-order valence-corrected chi connectivity index (χ4v) is 4.65. The van der Waals surface area contributed by atoms with Crippen molar-refractivity contribution in [1.29, 1.82) is 5.26 Å². The van der Waals surface area contributed by atoms with Crippen LogP contribution in [0.15, 0.2) is 35.4 Å². The molecular formula is C22H26F3N5O3S. The quantitative estimate of drug-likeness (QED) is 0.529. The first-order chi connectivity index (χ1) is 15.8. The number of anilines is 2. The van der Waals surface area contributed by atoms with Crippen LogP contribution in [0.4, 0.5) is 24.9 Å². The van der Waals surface area contributed by atoms with Crippen molar-refractivity contribution in [2.45, 2.75) is 62.1 Å². The number of nitrogens with one attached hydrogen (secondary N) is 2. The van der Waals surface area contributed by atoms with Crippen LogP contribution in [0.3, 0.4) is 0 Å². The summed E-state index contributed by atoms with van der Waals surface area (Å²) in [5.74, 6) is 0.659. The monoisotopic (exact) mass is 497 g/mol. The van der Waals surface area contributed by atoms with Crippen LogP contribution >= 0.6 is 0 Å². The fourth-order valence-electron chi connectivity index (χ4n) is 3.89. The van der Waals surface area contributed by atoms with Crippen molar-refractivity contribution in [2.75, 3.05) is 17.2 Å². The van der Waals surface area contributed by atoms with Crippen molar-refractivity contribution in [3.05, 3.63) is 41.6 Å². The van der Waals surface area contributed by atoms with E-state index in [9.17, 15) is 32.0 Å². The van der Waals surface area contributed by atoms with Gasteiger partial charge in [-0.15, -0.1) is 0 Å². The van der Waals surface area contributed by atoms with E-state index in [1.807, 2.05) is 13.8 Å². The maximum atomic E-state index is 12.7. The van der Waals surface area contributed by atoms with Crippen LogP contribution in [0.2, 0.25) is 0 Å². The summed E-state index contributed by atoms with van der Waals surface area (Å²) in [6, 6.07) is 6.61. The number of nitrogens with zero attached hydrogens (tertiary/aromatic N) is 3. The minimum Gasteiger partial charge on any atom is -0.393 e. The molecule has 1 heterocycles. The van der Waals surface area contributed by atoms with E-state index in [1.165, 1.54) is 18.3 Å². The molecule has 3 N–H and O–H groups in total. The number of nitriles is 1. The highest BCUT2D eigenvalue weighted by atomic mass is 32.2. The van der Waals surface area contributed by atoms with Gasteiger partial charge in [0.25, 0.3) is 9.84 Å². The molecule has 0 unspecified atom stereocenters. The lowest BCUT2D eigenvalue weighted by Crippen LogP contribution is -2.41. The Morgan fingerprint density at radius 3 is 2.50 bits per heavy atom. The standard InChI is InChI=1S/C22H26F3N5O3S/c1-21(2)11-16(5-8-18(21)31)29-19-15(12-26)13-28-20(30-19)27-10-9-14-3-6-17(7-4-14)34(32,33)22(23,24)25/h3-4,6-7,13,16,18,31H,5,8-11H2,1-2H3,(H2,27,28,29,30)/t16-,18+/m1/s1. The van der Waals surface area contributed by atoms with Gasteiger partial charge in [-0.1, -0.05) is 26.0 Å². The summed E-state index contributed by atoms with van der Waals surface area (Å²) < 4.78 is 60.8. The molecule has 34 heavy (non-hydrogen) atoms. The number of hydrogen-bond acceptors (Lipinski definition) is 8. The van der Waals surface area contributed by atoms with Crippen molar-refractivity contribution in [2.24, 2.45) is 5.41 Å². The van der Waals surface area contributed by atoms with Gasteiger partial charge in [0.15, 0.2) is 0 Å². The Balaban J connectivity index is 1.62. The number of rotatable bonds is 7. The molecule has 3 rings (SSSR count). The zero-order valence-corrected chi connectivity index (χ0v) is 19.5. The van der Waals surface area contributed by atoms with Crippen LogP contribution in [-0.4, -0.2) is 47.7 Å². The number of aromatic nitrogens is 2. The Morgan fingerprint density at radius 1 is 1.24 bits per heavy atom. The smallest absolute Gasteiger partial charge is 0.393 e. The van der Waals surface area contributed by atoms with E-state index in [0.717, 1.165) is 18.6 Å². The summed E-state index contributed by atoms with van der Waals surface area (Å²) in [6.07, 6.45) is 3.50. The molecule has 8 nitrogen and oxygen atoms in total. The van der Waals surface area contributed by atoms with Gasteiger partial charge in [0.2, 0.25) is 5.95 Å². The van der Waals surface area contributed by atoms with Crippen molar-refractivity contribution in [3.63, 3.8) is 0 Å². The minimum atomic E-state index is -5.37. The SMILES string of the molecule is CC1(C)C[C@H](Nc2nc(NCCc3ccc(S(=O)(=O)C(F)(F)F)cc3)ncc2C#N)CC[C@@H]1O. The summed E-state index contributed by atoms with van der Waals surface area (Å²) in [5, 5.41) is 25.8. The zero-order valence-electron chi connectivity index (χ0n) is 18.7. The van der Waals surface area contributed by atoms with E-state index in [2.05, 4.69) is 26.7 Å². The number of aliphatic hydroxyl groups excluding tert-OH is 1. The molecule has 1 aromatic carbocycles. The zero-order chi connectivity index (χ0) is 25.1. The Hall–Kier alpha value is -2.91. The normalized spacial score (nSPS) is 20.4. The van der Waals surface area contributed by atoms with Gasteiger partial charge in [-0.25, -0.2) is 13.4 Å². The minimum absolute atomic E-state index is 0.0414. The summed E-state index contributed by atoms with van der Waals surface area (Å²) >= 11 is 0. The second-order valence-corrected chi connectivity index (χ2v) is 10.9. The van der Waals surface area contributed by atoms with Crippen molar-refractivity contribution >= 4 is 21.6 Å². The van der Waals surface area contributed by atoms with Crippen molar-refractivity contribution in [1.82, 2.24) is 9.97 Å². The molecule has 0 radical (unpaired) electrons. The average Bonchev–Trinajstić information content (AvgIpc) is 2.76. The number of sulfone groups is 1. The first-order valence-corrected chi connectivity index (χ1v) is 12.2. The van der Waals surface area contributed by atoms with E-state index < -0.39 is 20.2 Å². The molecule has 1 aromatic heterocycles. The number of benzene rings is 1. The molecule has 0 saturated heterocycles. The van der Waals surface area contributed by atoms with Gasteiger partial charge < -0.3 is 15.7 Å². The number of alkyl halides is 3. The second kappa shape index (κ2) is 9.76. The number of aliphatic hydroxyl groups is 1. The van der Waals surface area contributed by atoms with Gasteiger partial charge in [0.05, 0.1) is 17.2 Å². The predicted octanol–water partition coefficient (Wildman–Crippen LogP) is 3.65. The molecule has 1 saturated carbocycles. The molecule has 1 fully saturated rings. The highest BCUT2D eigenvalue weighted by molar-refractivity contribution is 7.92. The van der Waals surface area contributed by atoms with Gasteiger partial charge in [0.1, 0.15) is 17.5 Å². The Morgan fingerprint density at radius 2 is 1.91 bits per heavy atom. The molecule has 2 atom stereocenters. The molecule has 12 heteroatoms. The van der Waals surface area contributed by atoms with E-state index in [0.29, 0.717) is 37.2 Å². The summed E-state index contributed by atoms with van der Waals surface area (Å²) in [7, 11) is -5.37. The molecule has 1 aliphatic carbocycles. The molecule has 0 amide bonds. The van der Waals surface area contributed by atoms with Crippen molar-refractivity contribution in [3.8, 4) is 6.07 Å². The fraction of sp³-hybridized carbons (Fsp3) is 0.500. The lowest BCUT2D eigenvalue weighted by molar-refractivity contribution is -0.0436. The van der Waals surface area contributed by atoms with Gasteiger partial charge in [-0.2, -0.15) is 23.4 Å². The Kier molecular flexibility index (Phi) is 7.38. The molecule has 1 aliphatic rings. The maximum absolute atomic E-state index is 12.7. The lowest BCUT2D eigenvalue weighted by atomic mass is 9.73. The topological polar surface area (TPSA) is 128 Å².